The van der Waals surface area contributed by atoms with Crippen molar-refractivity contribution in [3.8, 4) is 11.5 Å². The number of rotatable bonds is 5. The van der Waals surface area contributed by atoms with E-state index in [9.17, 15) is 9.59 Å². The van der Waals surface area contributed by atoms with Gasteiger partial charge in [-0.15, -0.1) is 0 Å². The highest BCUT2D eigenvalue weighted by Crippen LogP contribution is 2.48. The second-order valence-corrected chi connectivity index (χ2v) is 8.39. The van der Waals surface area contributed by atoms with Gasteiger partial charge in [-0.05, 0) is 54.3 Å². The predicted octanol–water partition coefficient (Wildman–Crippen LogP) is 3.76. The number of nitrogens with zero attached hydrogens (tertiary/aromatic N) is 1. The van der Waals surface area contributed by atoms with Crippen LogP contribution in [0.25, 0.3) is 0 Å². The molecule has 5 rings (SSSR count). The van der Waals surface area contributed by atoms with Crippen LogP contribution in [0.2, 0.25) is 0 Å². The summed E-state index contributed by atoms with van der Waals surface area (Å²) in [6.45, 7) is 2.69. The topological polar surface area (TPSA) is 81.0 Å². The average Bonchev–Trinajstić information content (AvgIpc) is 3.26. The Morgan fingerprint density at radius 2 is 1.85 bits per heavy atom. The Balaban J connectivity index is 1.62. The Kier molecular flexibility index (Phi) is 5.32. The van der Waals surface area contributed by atoms with E-state index in [2.05, 4.69) is 11.4 Å². The second kappa shape index (κ2) is 8.31. The van der Waals surface area contributed by atoms with Crippen molar-refractivity contribution in [1.82, 2.24) is 10.2 Å². The molecular formula is C26H26N2O5. The van der Waals surface area contributed by atoms with Crippen molar-refractivity contribution in [1.29, 1.82) is 0 Å². The fraction of sp³-hybridized carbons (Fsp3) is 0.308. The number of hydrogen-bond acceptors (Lipinski definition) is 5. The Bertz CT molecular complexity index is 1230. The van der Waals surface area contributed by atoms with Crippen LogP contribution in [0.4, 0.5) is 0 Å². The number of fused-ring (bicyclic) bond motifs is 4. The van der Waals surface area contributed by atoms with E-state index >= 15 is 0 Å². The summed E-state index contributed by atoms with van der Waals surface area (Å²) in [5, 5.41) is 3.02. The molecule has 3 heterocycles. The Morgan fingerprint density at radius 1 is 1.09 bits per heavy atom. The van der Waals surface area contributed by atoms with Crippen molar-refractivity contribution >= 4 is 11.8 Å². The van der Waals surface area contributed by atoms with E-state index in [1.54, 1.807) is 19.2 Å². The summed E-state index contributed by atoms with van der Waals surface area (Å²) < 4.78 is 16.6. The molecule has 2 aliphatic rings. The molecule has 3 aromatic rings. The number of carbonyl (C=O) groups is 2. The number of amides is 2. The molecule has 0 aliphatic carbocycles. The molecule has 0 saturated carbocycles. The summed E-state index contributed by atoms with van der Waals surface area (Å²) in [4.78, 5) is 29.1. The van der Waals surface area contributed by atoms with Crippen molar-refractivity contribution in [2.24, 2.45) is 0 Å². The van der Waals surface area contributed by atoms with Gasteiger partial charge in [-0.3, -0.25) is 9.59 Å². The maximum atomic E-state index is 13.7. The van der Waals surface area contributed by atoms with E-state index in [0.717, 1.165) is 23.3 Å². The summed E-state index contributed by atoms with van der Waals surface area (Å²) in [5.41, 5.74) is 3.28. The smallest absolute Gasteiger partial charge is 0.254 e. The molecule has 2 amide bonds. The van der Waals surface area contributed by atoms with Gasteiger partial charge in [-0.25, -0.2) is 0 Å². The number of hydrogen-bond donors (Lipinski definition) is 1. The van der Waals surface area contributed by atoms with Gasteiger partial charge in [0, 0.05) is 12.1 Å². The minimum atomic E-state index is -0.602. The Labute approximate surface area is 192 Å². The van der Waals surface area contributed by atoms with Gasteiger partial charge < -0.3 is 24.1 Å². The third-order valence-electron chi connectivity index (χ3n) is 6.54. The van der Waals surface area contributed by atoms with Crippen molar-refractivity contribution < 1.29 is 23.5 Å². The summed E-state index contributed by atoms with van der Waals surface area (Å²) in [5.74, 6) is 1.55. The summed E-state index contributed by atoms with van der Waals surface area (Å²) in [6.07, 6.45) is 0.751. The molecule has 170 valence electrons. The number of ether oxygens (including phenoxy) is 2. The van der Waals surface area contributed by atoms with Crippen LogP contribution in [-0.4, -0.2) is 37.5 Å². The molecule has 2 unspecified atom stereocenters. The van der Waals surface area contributed by atoms with Gasteiger partial charge in [0.05, 0.1) is 32.7 Å². The lowest BCUT2D eigenvalue weighted by Gasteiger charge is -2.45. The number of carbonyl (C=O) groups excluding carboxylic acids is 2. The molecule has 0 spiro atoms. The lowest BCUT2D eigenvalue weighted by atomic mass is 9.75. The van der Waals surface area contributed by atoms with Gasteiger partial charge in [0.15, 0.2) is 11.5 Å². The highest BCUT2D eigenvalue weighted by atomic mass is 16.5. The number of benzene rings is 2. The molecule has 0 radical (unpaired) electrons. The highest BCUT2D eigenvalue weighted by Gasteiger charge is 2.46. The van der Waals surface area contributed by atoms with Crippen LogP contribution in [0.1, 0.15) is 50.5 Å². The van der Waals surface area contributed by atoms with Crippen LogP contribution < -0.4 is 14.8 Å². The maximum absolute atomic E-state index is 13.7. The van der Waals surface area contributed by atoms with E-state index in [-0.39, 0.29) is 18.4 Å². The van der Waals surface area contributed by atoms with Crippen LogP contribution in [0.5, 0.6) is 11.5 Å². The van der Waals surface area contributed by atoms with Gasteiger partial charge in [-0.1, -0.05) is 24.3 Å². The number of furan rings is 1. The largest absolute Gasteiger partial charge is 0.493 e. The van der Waals surface area contributed by atoms with Gasteiger partial charge in [0.1, 0.15) is 11.5 Å². The zero-order valence-corrected chi connectivity index (χ0v) is 18.9. The second-order valence-electron chi connectivity index (χ2n) is 8.39. The van der Waals surface area contributed by atoms with Crippen LogP contribution in [-0.2, 0) is 17.8 Å². The van der Waals surface area contributed by atoms with Crippen molar-refractivity contribution in [2.45, 2.75) is 31.8 Å². The van der Waals surface area contributed by atoms with Gasteiger partial charge >= 0.3 is 0 Å². The monoisotopic (exact) mass is 446 g/mol. The lowest BCUT2D eigenvalue weighted by Crippen LogP contribution is -2.50. The minimum Gasteiger partial charge on any atom is -0.493 e. The fourth-order valence-corrected chi connectivity index (χ4v) is 5.00. The first-order valence-corrected chi connectivity index (χ1v) is 11.0. The predicted molar refractivity (Wildman–Crippen MR) is 122 cm³/mol. The van der Waals surface area contributed by atoms with Crippen LogP contribution in [0.15, 0.2) is 52.9 Å². The molecule has 1 aromatic heterocycles. The standard InChI is InChI=1S/C26H26N2O5/c1-15-8-9-17(33-15)14-27-25(29)23-19-12-21(31-2)22(32-3)13-20(19)26(30)28-11-10-16-6-4-5-7-18(16)24(23)28/h4-9,12-13,23-24H,10-11,14H2,1-3H3,(H,27,29). The summed E-state index contributed by atoms with van der Waals surface area (Å²) in [7, 11) is 3.08. The molecule has 7 heteroatoms. The molecule has 7 nitrogen and oxygen atoms in total. The van der Waals surface area contributed by atoms with Crippen LogP contribution in [0, 0.1) is 6.92 Å². The first-order chi connectivity index (χ1) is 16.0. The highest BCUT2D eigenvalue weighted by molar-refractivity contribution is 6.02. The SMILES string of the molecule is COc1cc2c(cc1OC)C(C(=O)NCc1ccc(C)o1)C1c3ccccc3CCN1C2=O. The lowest BCUT2D eigenvalue weighted by molar-refractivity contribution is -0.124. The van der Waals surface area contributed by atoms with E-state index in [0.29, 0.717) is 34.9 Å². The number of methoxy groups -OCH3 is 2. The van der Waals surface area contributed by atoms with Crippen molar-refractivity contribution in [3.63, 3.8) is 0 Å². The Morgan fingerprint density at radius 3 is 2.58 bits per heavy atom. The van der Waals surface area contributed by atoms with Crippen LogP contribution in [0.3, 0.4) is 0 Å². The third kappa shape index (κ3) is 3.53. The van der Waals surface area contributed by atoms with E-state index < -0.39 is 12.0 Å². The molecule has 33 heavy (non-hydrogen) atoms. The molecule has 2 aliphatic heterocycles. The third-order valence-corrected chi connectivity index (χ3v) is 6.54. The number of aryl methyl sites for hydroxylation is 1. The quantitative estimate of drug-likeness (QED) is 0.646. The first-order valence-electron chi connectivity index (χ1n) is 11.0. The Hall–Kier alpha value is -3.74. The minimum absolute atomic E-state index is 0.101. The molecule has 2 atom stereocenters. The van der Waals surface area contributed by atoms with Crippen molar-refractivity contribution in [3.05, 3.63) is 82.3 Å². The van der Waals surface area contributed by atoms with E-state index in [1.807, 2.05) is 42.2 Å². The molecule has 0 bridgehead atoms. The van der Waals surface area contributed by atoms with Gasteiger partial charge in [0.25, 0.3) is 5.91 Å². The van der Waals surface area contributed by atoms with E-state index in [1.165, 1.54) is 7.11 Å². The van der Waals surface area contributed by atoms with Gasteiger partial charge in [-0.2, -0.15) is 0 Å². The molecule has 0 saturated heterocycles. The molecule has 1 N–H and O–H groups in total. The maximum Gasteiger partial charge on any atom is 0.254 e. The fourth-order valence-electron chi connectivity index (χ4n) is 5.00. The average molecular weight is 447 g/mol. The number of nitrogens with one attached hydrogen (secondary N) is 1. The summed E-state index contributed by atoms with van der Waals surface area (Å²) in [6, 6.07) is 14.8. The van der Waals surface area contributed by atoms with Gasteiger partial charge in [0.2, 0.25) is 5.91 Å². The zero-order chi connectivity index (χ0) is 23.1. The zero-order valence-electron chi connectivity index (χ0n) is 18.9. The van der Waals surface area contributed by atoms with E-state index in [4.69, 9.17) is 13.9 Å². The van der Waals surface area contributed by atoms with Crippen molar-refractivity contribution in [2.75, 3.05) is 20.8 Å². The van der Waals surface area contributed by atoms with Crippen LogP contribution >= 0.6 is 0 Å². The molecular weight excluding hydrogens is 420 g/mol. The molecule has 0 fully saturated rings. The summed E-state index contributed by atoms with van der Waals surface area (Å²) >= 11 is 0. The first kappa shape index (κ1) is 21.1. The normalized spacial score (nSPS) is 18.8. The molecule has 2 aromatic carbocycles.